The van der Waals surface area contributed by atoms with Gasteiger partial charge in [-0.3, -0.25) is 4.52 Å². The van der Waals surface area contributed by atoms with Gasteiger partial charge in [0.25, 0.3) is 0 Å². The lowest BCUT2D eigenvalue weighted by Gasteiger charge is -2.19. The van der Waals surface area contributed by atoms with E-state index in [9.17, 15) is 4.57 Å². The highest BCUT2D eigenvalue weighted by Crippen LogP contribution is 2.49. The van der Waals surface area contributed by atoms with Crippen molar-refractivity contribution in [2.24, 2.45) is 0 Å². The Labute approximate surface area is 169 Å². The zero-order chi connectivity index (χ0) is 20.1. The Morgan fingerprint density at radius 3 is 1.86 bits per heavy atom. The van der Waals surface area contributed by atoms with Gasteiger partial charge in [-0.25, -0.2) is 4.57 Å². The van der Waals surface area contributed by atoms with Gasteiger partial charge in [0, 0.05) is 0 Å². The third-order valence-corrected chi connectivity index (χ3v) is 5.81. The highest BCUT2D eigenvalue weighted by molar-refractivity contribution is 7.49. The number of phosphoric ester groups is 1. The Hall–Kier alpha value is -1.77. The summed E-state index contributed by atoms with van der Waals surface area (Å²) in [5, 5.41) is 0. The molecule has 5 heteroatoms. The predicted molar refractivity (Wildman–Crippen MR) is 115 cm³/mol. The second-order valence-corrected chi connectivity index (χ2v) is 8.58. The van der Waals surface area contributed by atoms with Crippen molar-refractivity contribution in [1.82, 2.24) is 0 Å². The maximum Gasteiger partial charge on any atom is 0.587 e. The van der Waals surface area contributed by atoms with Gasteiger partial charge in [0.1, 0.15) is 11.5 Å². The molecule has 0 fully saturated rings. The van der Waals surface area contributed by atoms with Crippen LogP contribution in [0.4, 0.5) is 0 Å². The molecule has 2 aromatic carbocycles. The van der Waals surface area contributed by atoms with Crippen LogP contribution in [-0.4, -0.2) is 6.61 Å². The van der Waals surface area contributed by atoms with E-state index in [2.05, 4.69) is 6.92 Å². The highest BCUT2D eigenvalue weighted by atomic mass is 31.2. The van der Waals surface area contributed by atoms with Crippen molar-refractivity contribution in [1.29, 1.82) is 0 Å². The van der Waals surface area contributed by atoms with Crippen molar-refractivity contribution >= 4 is 7.82 Å². The Balaban J connectivity index is 1.84. The maximum absolute atomic E-state index is 13.2. The number of phosphoric acid groups is 1. The third-order valence-electron chi connectivity index (χ3n) is 4.45. The summed E-state index contributed by atoms with van der Waals surface area (Å²) in [5.41, 5.74) is 1.10. The molecule has 0 radical (unpaired) electrons. The van der Waals surface area contributed by atoms with Crippen LogP contribution in [-0.2, 0) is 9.09 Å². The van der Waals surface area contributed by atoms with Crippen LogP contribution in [0.15, 0.2) is 54.6 Å². The summed E-state index contributed by atoms with van der Waals surface area (Å²) >= 11 is 0. The van der Waals surface area contributed by atoms with E-state index in [1.54, 1.807) is 24.3 Å². The second-order valence-electron chi connectivity index (χ2n) is 7.06. The molecule has 0 N–H and O–H groups in total. The minimum Gasteiger partial charge on any atom is -0.395 e. The van der Waals surface area contributed by atoms with Crippen molar-refractivity contribution in [3.05, 3.63) is 60.2 Å². The first-order chi connectivity index (χ1) is 13.6. The number of para-hydroxylation sites is 1. The molecule has 0 aromatic heterocycles. The van der Waals surface area contributed by atoms with E-state index < -0.39 is 7.82 Å². The van der Waals surface area contributed by atoms with Gasteiger partial charge < -0.3 is 9.05 Å². The molecule has 154 valence electrons. The van der Waals surface area contributed by atoms with Crippen molar-refractivity contribution in [3.63, 3.8) is 0 Å². The van der Waals surface area contributed by atoms with Crippen LogP contribution in [0, 0.1) is 6.92 Å². The average Bonchev–Trinajstić information content (AvgIpc) is 2.69. The first-order valence-corrected chi connectivity index (χ1v) is 11.8. The summed E-state index contributed by atoms with van der Waals surface area (Å²) in [6, 6.07) is 16.4. The van der Waals surface area contributed by atoms with Crippen LogP contribution in [0.2, 0.25) is 0 Å². The van der Waals surface area contributed by atoms with E-state index in [0.717, 1.165) is 18.4 Å². The number of hydrogen-bond donors (Lipinski definition) is 0. The molecule has 0 bridgehead atoms. The third kappa shape index (κ3) is 8.95. The molecule has 1 atom stereocenters. The predicted octanol–water partition coefficient (Wildman–Crippen LogP) is 7.72. The van der Waals surface area contributed by atoms with Gasteiger partial charge in [0.05, 0.1) is 6.61 Å². The Bertz CT molecular complexity index is 700. The Morgan fingerprint density at radius 1 is 0.714 bits per heavy atom. The van der Waals surface area contributed by atoms with Crippen LogP contribution in [0.25, 0.3) is 0 Å². The number of rotatable bonds is 14. The molecule has 0 heterocycles. The normalized spacial score (nSPS) is 13.1. The molecule has 0 saturated carbocycles. The molecule has 4 nitrogen and oxygen atoms in total. The van der Waals surface area contributed by atoms with Crippen LogP contribution in [0.3, 0.4) is 0 Å². The molecule has 0 amide bonds. The number of hydrogen-bond acceptors (Lipinski definition) is 4. The summed E-state index contributed by atoms with van der Waals surface area (Å²) in [4.78, 5) is 0. The van der Waals surface area contributed by atoms with Crippen molar-refractivity contribution < 1.29 is 18.1 Å². The summed E-state index contributed by atoms with van der Waals surface area (Å²) in [6.07, 6.45) is 9.52. The van der Waals surface area contributed by atoms with E-state index in [0.29, 0.717) is 18.1 Å². The molecular formula is C23H33O4P. The molecule has 1 unspecified atom stereocenters. The van der Waals surface area contributed by atoms with E-state index >= 15 is 0 Å². The van der Waals surface area contributed by atoms with E-state index in [4.69, 9.17) is 13.6 Å². The lowest BCUT2D eigenvalue weighted by Crippen LogP contribution is -2.06. The molecule has 0 spiro atoms. The van der Waals surface area contributed by atoms with Crippen LogP contribution < -0.4 is 9.05 Å². The molecule has 0 aliphatic rings. The topological polar surface area (TPSA) is 44.8 Å². The monoisotopic (exact) mass is 404 g/mol. The summed E-state index contributed by atoms with van der Waals surface area (Å²) < 4.78 is 30.1. The minimum atomic E-state index is -3.75. The summed E-state index contributed by atoms with van der Waals surface area (Å²) in [5.74, 6) is 0.939. The Morgan fingerprint density at radius 2 is 1.25 bits per heavy atom. The van der Waals surface area contributed by atoms with Gasteiger partial charge in [-0.05, 0) is 37.6 Å². The molecule has 2 aromatic rings. The van der Waals surface area contributed by atoms with E-state index in [1.165, 1.54) is 38.5 Å². The van der Waals surface area contributed by atoms with Gasteiger partial charge >= 0.3 is 7.82 Å². The fourth-order valence-electron chi connectivity index (χ4n) is 2.82. The molecule has 2 rings (SSSR count). The standard InChI is InChI=1S/C23H33O4P/c1-3-4-5-6-7-8-9-13-20-25-28(24,26-22-14-11-10-12-15-22)27-23-18-16-21(2)17-19-23/h10-12,14-19H,3-9,13,20H2,1-2H3. The first-order valence-electron chi connectivity index (χ1n) is 10.4. The smallest absolute Gasteiger partial charge is 0.395 e. The van der Waals surface area contributed by atoms with E-state index in [-0.39, 0.29) is 0 Å². The lowest BCUT2D eigenvalue weighted by molar-refractivity contribution is 0.205. The lowest BCUT2D eigenvalue weighted by atomic mass is 10.1. The van der Waals surface area contributed by atoms with Gasteiger partial charge in [0.15, 0.2) is 0 Å². The van der Waals surface area contributed by atoms with Crippen molar-refractivity contribution in [2.45, 2.75) is 65.2 Å². The highest BCUT2D eigenvalue weighted by Gasteiger charge is 2.30. The van der Waals surface area contributed by atoms with Gasteiger partial charge in [-0.1, -0.05) is 87.8 Å². The number of benzene rings is 2. The largest absolute Gasteiger partial charge is 0.587 e. The maximum atomic E-state index is 13.2. The summed E-state index contributed by atoms with van der Waals surface area (Å²) in [6.45, 7) is 4.57. The quantitative estimate of drug-likeness (QED) is 0.239. The minimum absolute atomic E-state index is 0.352. The van der Waals surface area contributed by atoms with Gasteiger partial charge in [-0.15, -0.1) is 0 Å². The molecular weight excluding hydrogens is 371 g/mol. The average molecular weight is 404 g/mol. The number of unbranched alkanes of at least 4 members (excludes halogenated alkanes) is 7. The fourth-order valence-corrected chi connectivity index (χ4v) is 4.08. The van der Waals surface area contributed by atoms with Crippen molar-refractivity contribution in [2.75, 3.05) is 6.61 Å². The SMILES string of the molecule is CCCCCCCCCCOP(=O)(Oc1ccccc1)Oc1ccc(C)cc1. The second kappa shape index (κ2) is 12.6. The van der Waals surface area contributed by atoms with Crippen LogP contribution in [0.5, 0.6) is 11.5 Å². The molecule has 0 aliphatic carbocycles. The van der Waals surface area contributed by atoms with E-state index in [1.807, 2.05) is 37.3 Å². The van der Waals surface area contributed by atoms with Gasteiger partial charge in [-0.2, -0.15) is 0 Å². The molecule has 28 heavy (non-hydrogen) atoms. The Kier molecular flexibility index (Phi) is 10.2. The zero-order valence-corrected chi connectivity index (χ0v) is 18.0. The fraction of sp³-hybridized carbons (Fsp3) is 0.478. The molecule has 0 aliphatic heterocycles. The summed E-state index contributed by atoms with van der Waals surface area (Å²) in [7, 11) is -3.75. The molecule has 0 saturated heterocycles. The number of aryl methyl sites for hydroxylation is 1. The van der Waals surface area contributed by atoms with Crippen molar-refractivity contribution in [3.8, 4) is 11.5 Å². The van der Waals surface area contributed by atoms with Crippen LogP contribution in [0.1, 0.15) is 63.9 Å². The zero-order valence-electron chi connectivity index (χ0n) is 17.1. The first kappa shape index (κ1) is 22.5. The van der Waals surface area contributed by atoms with Gasteiger partial charge in [0.2, 0.25) is 0 Å². The van der Waals surface area contributed by atoms with Crippen LogP contribution >= 0.6 is 7.82 Å².